The maximum absolute atomic E-state index is 13.7. The van der Waals surface area contributed by atoms with E-state index >= 15 is 0 Å². The van der Waals surface area contributed by atoms with Gasteiger partial charge in [0.1, 0.15) is 0 Å². The van der Waals surface area contributed by atoms with E-state index in [4.69, 9.17) is 0 Å². The van der Waals surface area contributed by atoms with Gasteiger partial charge in [0.15, 0.2) is 0 Å². The van der Waals surface area contributed by atoms with Gasteiger partial charge in [0.25, 0.3) is 11.7 Å². The van der Waals surface area contributed by atoms with Crippen molar-refractivity contribution in [2.45, 2.75) is 38.5 Å². The molecule has 31 heavy (non-hydrogen) atoms. The number of carbonyl (C=O) groups excluding carboxylic acids is 3. The second-order valence-corrected chi connectivity index (χ2v) is 7.82. The van der Waals surface area contributed by atoms with E-state index in [1.54, 1.807) is 36.4 Å². The number of ketones is 1. The fraction of sp³-hybridized carbons (Fsp3) is 0.222. The number of anilines is 1. The van der Waals surface area contributed by atoms with Crippen LogP contribution in [0.4, 0.5) is 5.69 Å². The standard InChI is InChI=1S/C27H25NO3/c29-25(21-13-7-4-8-14-21)27(31)28(26(30)22-15-5-2-1-3-6-16-22)24-19-11-17-20-12-9-10-18-23(20)24/h4,7-15,17-19H,1-3,5-6,16H2/b22-15+. The third-order valence-corrected chi connectivity index (χ3v) is 5.71. The first-order chi connectivity index (χ1) is 15.2. The quantitative estimate of drug-likeness (QED) is 0.399. The number of Topliss-reactive ketones (excluding diaryl/α,β-unsaturated/α-hetero) is 1. The molecule has 0 radical (unpaired) electrons. The van der Waals surface area contributed by atoms with Crippen LogP contribution < -0.4 is 4.90 Å². The number of amides is 2. The Balaban J connectivity index is 1.81. The van der Waals surface area contributed by atoms with Gasteiger partial charge < -0.3 is 0 Å². The third-order valence-electron chi connectivity index (χ3n) is 5.71. The summed E-state index contributed by atoms with van der Waals surface area (Å²) in [6.45, 7) is 0. The molecule has 0 N–H and O–H groups in total. The molecule has 4 heteroatoms. The van der Waals surface area contributed by atoms with Gasteiger partial charge >= 0.3 is 5.91 Å². The van der Waals surface area contributed by atoms with Crippen molar-refractivity contribution in [2.24, 2.45) is 0 Å². The molecular formula is C27H25NO3. The summed E-state index contributed by atoms with van der Waals surface area (Å²) in [5.41, 5.74) is 1.33. The number of carbonyl (C=O) groups is 3. The Bertz CT molecular complexity index is 1140. The first kappa shape index (κ1) is 20.7. The zero-order valence-corrected chi connectivity index (χ0v) is 17.4. The average Bonchev–Trinajstić information content (AvgIpc) is 2.79. The molecule has 3 aromatic rings. The highest BCUT2D eigenvalue weighted by molar-refractivity contribution is 6.52. The van der Waals surface area contributed by atoms with E-state index in [0.29, 0.717) is 17.7 Å². The number of benzene rings is 3. The van der Waals surface area contributed by atoms with Crippen LogP contribution in [0.2, 0.25) is 0 Å². The normalized spacial score (nSPS) is 15.9. The molecule has 0 saturated heterocycles. The first-order valence-corrected chi connectivity index (χ1v) is 10.8. The highest BCUT2D eigenvalue weighted by atomic mass is 16.2. The molecule has 0 spiro atoms. The number of nitrogens with zero attached hydrogens (tertiary/aromatic N) is 1. The van der Waals surface area contributed by atoms with Gasteiger partial charge in [0.2, 0.25) is 0 Å². The summed E-state index contributed by atoms with van der Waals surface area (Å²) in [5, 5.41) is 1.67. The van der Waals surface area contributed by atoms with Crippen LogP contribution in [-0.4, -0.2) is 17.6 Å². The molecule has 3 aromatic carbocycles. The molecule has 2 amide bonds. The summed E-state index contributed by atoms with van der Waals surface area (Å²) < 4.78 is 0. The van der Waals surface area contributed by atoms with Crippen LogP contribution in [0.3, 0.4) is 0 Å². The summed E-state index contributed by atoms with van der Waals surface area (Å²) in [5.74, 6) is -1.91. The van der Waals surface area contributed by atoms with Gasteiger partial charge in [0.05, 0.1) is 5.69 Å². The zero-order valence-electron chi connectivity index (χ0n) is 17.4. The van der Waals surface area contributed by atoms with Crippen molar-refractivity contribution in [2.75, 3.05) is 4.90 Å². The second kappa shape index (κ2) is 9.52. The Kier molecular flexibility index (Phi) is 6.37. The monoisotopic (exact) mass is 411 g/mol. The van der Waals surface area contributed by atoms with E-state index < -0.39 is 17.6 Å². The van der Waals surface area contributed by atoms with Crippen molar-refractivity contribution in [3.8, 4) is 0 Å². The lowest BCUT2D eigenvalue weighted by molar-refractivity contribution is -0.122. The van der Waals surface area contributed by atoms with Crippen molar-refractivity contribution in [3.05, 3.63) is 90.0 Å². The van der Waals surface area contributed by atoms with Crippen LogP contribution in [0.15, 0.2) is 84.4 Å². The molecule has 0 unspecified atom stereocenters. The summed E-state index contributed by atoms with van der Waals surface area (Å²) in [6.07, 6.45) is 7.52. The second-order valence-electron chi connectivity index (χ2n) is 7.82. The molecule has 0 heterocycles. The summed E-state index contributed by atoms with van der Waals surface area (Å²) in [6, 6.07) is 21.5. The lowest BCUT2D eigenvalue weighted by atomic mass is 9.98. The zero-order chi connectivity index (χ0) is 21.6. The Morgan fingerprint density at radius 1 is 0.710 bits per heavy atom. The Hall–Kier alpha value is -3.53. The highest BCUT2D eigenvalue weighted by Crippen LogP contribution is 2.30. The fourth-order valence-corrected chi connectivity index (χ4v) is 4.06. The molecule has 0 bridgehead atoms. The van der Waals surface area contributed by atoms with Gasteiger partial charge in [-0.15, -0.1) is 0 Å². The predicted molar refractivity (Wildman–Crippen MR) is 123 cm³/mol. The average molecular weight is 412 g/mol. The third kappa shape index (κ3) is 4.48. The van der Waals surface area contributed by atoms with Crippen molar-refractivity contribution >= 4 is 34.1 Å². The van der Waals surface area contributed by atoms with Gasteiger partial charge in [-0.2, -0.15) is 0 Å². The van der Waals surface area contributed by atoms with Crippen molar-refractivity contribution in [3.63, 3.8) is 0 Å². The minimum atomic E-state index is -0.824. The highest BCUT2D eigenvalue weighted by Gasteiger charge is 2.32. The molecule has 0 aliphatic heterocycles. The molecule has 1 aliphatic rings. The van der Waals surface area contributed by atoms with Crippen LogP contribution in [-0.2, 0) is 9.59 Å². The van der Waals surface area contributed by atoms with E-state index in [2.05, 4.69) is 0 Å². The summed E-state index contributed by atoms with van der Waals surface area (Å²) in [7, 11) is 0. The molecule has 0 saturated carbocycles. The molecule has 0 aromatic heterocycles. The minimum absolute atomic E-state index is 0.275. The van der Waals surface area contributed by atoms with E-state index in [-0.39, 0.29) is 5.56 Å². The molecule has 156 valence electrons. The van der Waals surface area contributed by atoms with E-state index in [1.807, 2.05) is 42.5 Å². The van der Waals surface area contributed by atoms with E-state index in [1.165, 1.54) is 0 Å². The van der Waals surface area contributed by atoms with Gasteiger partial charge in [0, 0.05) is 16.5 Å². The Morgan fingerprint density at radius 3 is 2.26 bits per heavy atom. The smallest absolute Gasteiger partial charge is 0.283 e. The SMILES string of the molecule is O=C(C(=O)N(C(=O)/C1=C/CCCCCC1)c1cccc2ccccc12)c1ccccc1. The number of imide groups is 1. The number of hydrogen-bond acceptors (Lipinski definition) is 3. The minimum Gasteiger partial charge on any atom is -0.283 e. The molecule has 4 rings (SSSR count). The largest absolute Gasteiger partial charge is 0.306 e. The summed E-state index contributed by atoms with van der Waals surface area (Å²) in [4.78, 5) is 41.3. The van der Waals surface area contributed by atoms with Gasteiger partial charge in [-0.05, 0) is 37.1 Å². The maximum Gasteiger partial charge on any atom is 0.306 e. The molecule has 0 atom stereocenters. The Labute approximate surface area is 182 Å². The van der Waals surface area contributed by atoms with Gasteiger partial charge in [-0.1, -0.05) is 85.6 Å². The van der Waals surface area contributed by atoms with Crippen LogP contribution in [0.5, 0.6) is 0 Å². The van der Waals surface area contributed by atoms with Gasteiger partial charge in [-0.25, -0.2) is 4.90 Å². The van der Waals surface area contributed by atoms with Crippen molar-refractivity contribution in [1.82, 2.24) is 0 Å². The topological polar surface area (TPSA) is 54.5 Å². The number of fused-ring (bicyclic) bond motifs is 1. The van der Waals surface area contributed by atoms with Crippen LogP contribution in [0.1, 0.15) is 48.9 Å². The molecule has 4 nitrogen and oxygen atoms in total. The molecule has 0 fully saturated rings. The summed E-state index contributed by atoms with van der Waals surface area (Å²) >= 11 is 0. The van der Waals surface area contributed by atoms with Crippen LogP contribution in [0.25, 0.3) is 10.8 Å². The van der Waals surface area contributed by atoms with Crippen molar-refractivity contribution < 1.29 is 14.4 Å². The van der Waals surface area contributed by atoms with Crippen LogP contribution in [0, 0.1) is 0 Å². The maximum atomic E-state index is 13.7. The number of allylic oxidation sites excluding steroid dienone is 1. The van der Waals surface area contributed by atoms with Gasteiger partial charge in [-0.3, -0.25) is 14.4 Å². The number of rotatable bonds is 4. The van der Waals surface area contributed by atoms with Crippen molar-refractivity contribution in [1.29, 1.82) is 0 Å². The van der Waals surface area contributed by atoms with E-state index in [9.17, 15) is 14.4 Å². The predicted octanol–water partition coefficient (Wildman–Crippen LogP) is 5.86. The lowest BCUT2D eigenvalue weighted by Gasteiger charge is -2.24. The first-order valence-electron chi connectivity index (χ1n) is 10.8. The molecule has 1 aliphatic carbocycles. The van der Waals surface area contributed by atoms with Crippen LogP contribution >= 0.6 is 0 Å². The molecular weight excluding hydrogens is 386 g/mol. The lowest BCUT2D eigenvalue weighted by Crippen LogP contribution is -2.42. The number of hydrogen-bond donors (Lipinski definition) is 0. The Morgan fingerprint density at radius 2 is 1.42 bits per heavy atom. The fourth-order valence-electron chi connectivity index (χ4n) is 4.06. The van der Waals surface area contributed by atoms with E-state index in [0.717, 1.165) is 47.8 Å².